The van der Waals surface area contributed by atoms with Gasteiger partial charge in [-0.05, 0) is 25.0 Å². The van der Waals surface area contributed by atoms with Gasteiger partial charge in [-0.15, -0.1) is 11.8 Å². The van der Waals surface area contributed by atoms with Crippen molar-refractivity contribution in [2.45, 2.75) is 30.6 Å². The van der Waals surface area contributed by atoms with E-state index in [1.165, 1.54) is 4.90 Å². The summed E-state index contributed by atoms with van der Waals surface area (Å²) >= 11 is 1.66. The summed E-state index contributed by atoms with van der Waals surface area (Å²) in [5.41, 5.74) is 0. The SMILES string of the molecule is O=C(CN1C(=O)[C@H]2CCCC[C@@H]2C1=O)NCCSc1ccccc1. The number of benzene rings is 1. The van der Waals surface area contributed by atoms with Gasteiger partial charge in [-0.1, -0.05) is 31.0 Å². The average molecular weight is 346 g/mol. The van der Waals surface area contributed by atoms with Crippen molar-refractivity contribution in [3.8, 4) is 0 Å². The lowest BCUT2D eigenvalue weighted by molar-refractivity contribution is -0.143. The van der Waals surface area contributed by atoms with Crippen molar-refractivity contribution >= 4 is 29.5 Å². The van der Waals surface area contributed by atoms with E-state index in [0.717, 1.165) is 36.3 Å². The Hall–Kier alpha value is -1.82. The van der Waals surface area contributed by atoms with Crippen LogP contribution in [0.1, 0.15) is 25.7 Å². The summed E-state index contributed by atoms with van der Waals surface area (Å²) in [6.45, 7) is 0.377. The molecule has 128 valence electrons. The lowest BCUT2D eigenvalue weighted by Crippen LogP contribution is -2.41. The zero-order valence-corrected chi connectivity index (χ0v) is 14.4. The maximum absolute atomic E-state index is 12.3. The second-order valence-electron chi connectivity index (χ2n) is 6.27. The number of hydrogen-bond donors (Lipinski definition) is 1. The highest BCUT2D eigenvalue weighted by atomic mass is 32.2. The second kappa shape index (κ2) is 7.83. The van der Waals surface area contributed by atoms with Crippen molar-refractivity contribution in [3.05, 3.63) is 30.3 Å². The Labute approximate surface area is 146 Å². The number of likely N-dealkylation sites (tertiary alicyclic amines) is 1. The van der Waals surface area contributed by atoms with Crippen molar-refractivity contribution in [2.75, 3.05) is 18.8 Å². The summed E-state index contributed by atoms with van der Waals surface area (Å²) in [6.07, 6.45) is 3.55. The summed E-state index contributed by atoms with van der Waals surface area (Å²) in [7, 11) is 0. The molecule has 0 aromatic heterocycles. The van der Waals surface area contributed by atoms with Gasteiger partial charge < -0.3 is 5.32 Å². The van der Waals surface area contributed by atoms with Crippen molar-refractivity contribution in [1.29, 1.82) is 0 Å². The number of amides is 3. The third kappa shape index (κ3) is 3.80. The molecule has 1 saturated carbocycles. The van der Waals surface area contributed by atoms with Crippen LogP contribution in [-0.4, -0.2) is 41.5 Å². The molecule has 1 aromatic rings. The second-order valence-corrected chi connectivity index (χ2v) is 7.44. The summed E-state index contributed by atoms with van der Waals surface area (Å²) in [5.74, 6) is -0.190. The maximum Gasteiger partial charge on any atom is 0.240 e. The first kappa shape index (κ1) is 17.0. The molecule has 1 N–H and O–H groups in total. The lowest BCUT2D eigenvalue weighted by atomic mass is 9.81. The van der Waals surface area contributed by atoms with Crippen LogP contribution in [-0.2, 0) is 14.4 Å². The normalized spacial score (nSPS) is 23.2. The highest BCUT2D eigenvalue weighted by Crippen LogP contribution is 2.37. The fourth-order valence-electron chi connectivity index (χ4n) is 3.46. The molecule has 6 heteroatoms. The van der Waals surface area contributed by atoms with Crippen LogP contribution in [0.2, 0.25) is 0 Å². The molecule has 0 spiro atoms. The molecule has 1 saturated heterocycles. The van der Waals surface area contributed by atoms with Gasteiger partial charge in [0, 0.05) is 17.2 Å². The van der Waals surface area contributed by atoms with Crippen LogP contribution < -0.4 is 5.32 Å². The van der Waals surface area contributed by atoms with Gasteiger partial charge >= 0.3 is 0 Å². The predicted molar refractivity (Wildman–Crippen MR) is 92.3 cm³/mol. The predicted octanol–water partition coefficient (Wildman–Crippen LogP) is 2.07. The van der Waals surface area contributed by atoms with Gasteiger partial charge in [0.15, 0.2) is 0 Å². The van der Waals surface area contributed by atoms with E-state index in [1.54, 1.807) is 11.8 Å². The van der Waals surface area contributed by atoms with Crippen molar-refractivity contribution in [1.82, 2.24) is 10.2 Å². The Kier molecular flexibility index (Phi) is 5.56. The molecule has 0 radical (unpaired) electrons. The van der Waals surface area contributed by atoms with Gasteiger partial charge in [-0.25, -0.2) is 0 Å². The van der Waals surface area contributed by atoms with E-state index in [2.05, 4.69) is 5.32 Å². The fraction of sp³-hybridized carbons (Fsp3) is 0.500. The van der Waals surface area contributed by atoms with Crippen molar-refractivity contribution in [3.63, 3.8) is 0 Å². The number of nitrogens with one attached hydrogen (secondary N) is 1. The van der Waals surface area contributed by atoms with Gasteiger partial charge in [-0.2, -0.15) is 0 Å². The Morgan fingerprint density at radius 3 is 2.33 bits per heavy atom. The molecular weight excluding hydrogens is 324 g/mol. The standard InChI is InChI=1S/C18H22N2O3S/c21-16(19-10-11-24-13-6-2-1-3-7-13)12-20-17(22)14-8-4-5-9-15(14)18(20)23/h1-3,6-7,14-15H,4-5,8-12H2,(H,19,21)/t14-,15-/m0/s1. The molecule has 1 aromatic carbocycles. The van der Waals surface area contributed by atoms with Crippen LogP contribution in [0, 0.1) is 11.8 Å². The highest BCUT2D eigenvalue weighted by molar-refractivity contribution is 7.99. The number of hydrogen-bond acceptors (Lipinski definition) is 4. The Morgan fingerprint density at radius 2 is 1.71 bits per heavy atom. The minimum absolute atomic E-state index is 0.138. The zero-order chi connectivity index (χ0) is 16.9. The molecule has 5 nitrogen and oxygen atoms in total. The first-order valence-electron chi connectivity index (χ1n) is 8.46. The molecule has 1 heterocycles. The van der Waals surface area contributed by atoms with Gasteiger partial charge in [0.05, 0.1) is 11.8 Å². The van der Waals surface area contributed by atoms with Crippen LogP contribution in [0.3, 0.4) is 0 Å². The van der Waals surface area contributed by atoms with E-state index in [1.807, 2.05) is 30.3 Å². The number of fused-ring (bicyclic) bond motifs is 1. The van der Waals surface area contributed by atoms with Gasteiger partial charge in [0.2, 0.25) is 17.7 Å². The smallest absolute Gasteiger partial charge is 0.240 e. The lowest BCUT2D eigenvalue weighted by Gasteiger charge is -2.19. The minimum atomic E-state index is -0.260. The number of imide groups is 1. The van der Waals surface area contributed by atoms with Crippen LogP contribution >= 0.6 is 11.8 Å². The van der Waals surface area contributed by atoms with E-state index in [0.29, 0.717) is 6.54 Å². The van der Waals surface area contributed by atoms with Crippen molar-refractivity contribution in [2.24, 2.45) is 11.8 Å². The topological polar surface area (TPSA) is 66.5 Å². The largest absolute Gasteiger partial charge is 0.354 e. The van der Waals surface area contributed by atoms with E-state index in [4.69, 9.17) is 0 Å². The molecule has 1 aliphatic heterocycles. The Morgan fingerprint density at radius 1 is 1.08 bits per heavy atom. The monoisotopic (exact) mass is 346 g/mol. The molecule has 2 fully saturated rings. The van der Waals surface area contributed by atoms with E-state index in [9.17, 15) is 14.4 Å². The quantitative estimate of drug-likeness (QED) is 0.486. The summed E-state index contributed by atoms with van der Waals surface area (Å²) < 4.78 is 0. The number of carbonyl (C=O) groups is 3. The third-order valence-corrected chi connectivity index (χ3v) is 5.68. The molecule has 2 atom stereocenters. The van der Waals surface area contributed by atoms with Gasteiger partial charge in [0.25, 0.3) is 0 Å². The van der Waals surface area contributed by atoms with Crippen LogP contribution in [0.25, 0.3) is 0 Å². The van der Waals surface area contributed by atoms with Crippen LogP contribution in [0.4, 0.5) is 0 Å². The summed E-state index contributed by atoms with van der Waals surface area (Å²) in [4.78, 5) is 39.0. The summed E-state index contributed by atoms with van der Waals surface area (Å²) in [6, 6.07) is 9.97. The Bertz CT molecular complexity index is 596. The minimum Gasteiger partial charge on any atom is -0.354 e. The highest BCUT2D eigenvalue weighted by Gasteiger charge is 2.48. The number of nitrogens with zero attached hydrogens (tertiary/aromatic N) is 1. The first-order valence-corrected chi connectivity index (χ1v) is 9.45. The van der Waals surface area contributed by atoms with Gasteiger partial charge in [-0.3, -0.25) is 19.3 Å². The molecule has 3 amide bonds. The summed E-state index contributed by atoms with van der Waals surface area (Å²) in [5, 5.41) is 2.80. The molecule has 24 heavy (non-hydrogen) atoms. The molecule has 3 rings (SSSR count). The molecule has 2 aliphatic rings. The zero-order valence-electron chi connectivity index (χ0n) is 13.6. The number of rotatable bonds is 6. The number of carbonyl (C=O) groups excluding carboxylic acids is 3. The first-order chi connectivity index (χ1) is 11.7. The molecule has 0 unspecified atom stereocenters. The van der Waals surface area contributed by atoms with E-state index in [-0.39, 0.29) is 36.1 Å². The van der Waals surface area contributed by atoms with Crippen LogP contribution in [0.5, 0.6) is 0 Å². The Balaban J connectivity index is 1.43. The van der Waals surface area contributed by atoms with Gasteiger partial charge in [0.1, 0.15) is 6.54 Å². The van der Waals surface area contributed by atoms with Crippen LogP contribution in [0.15, 0.2) is 35.2 Å². The third-order valence-electron chi connectivity index (χ3n) is 4.67. The fourth-order valence-corrected chi connectivity index (χ4v) is 4.25. The van der Waals surface area contributed by atoms with Crippen molar-refractivity contribution < 1.29 is 14.4 Å². The average Bonchev–Trinajstić information content (AvgIpc) is 2.85. The number of thioether (sulfide) groups is 1. The van der Waals surface area contributed by atoms with E-state index < -0.39 is 0 Å². The molecule has 0 bridgehead atoms. The molecular formula is C18H22N2O3S. The van der Waals surface area contributed by atoms with E-state index >= 15 is 0 Å². The maximum atomic E-state index is 12.3. The molecule has 1 aliphatic carbocycles.